The van der Waals surface area contributed by atoms with Gasteiger partial charge in [0, 0.05) is 40.4 Å². The van der Waals surface area contributed by atoms with Gasteiger partial charge in [-0.3, -0.25) is 4.98 Å². The first-order valence-electron chi connectivity index (χ1n) is 12.4. The Bertz CT molecular complexity index is 1730. The molecule has 0 aliphatic rings. The van der Waals surface area contributed by atoms with E-state index in [-0.39, 0.29) is 0 Å². The van der Waals surface area contributed by atoms with Crippen LogP contribution in [0, 0.1) is 0 Å². The Balaban J connectivity index is 1.25. The Morgan fingerprint density at radius 2 is 1.58 bits per heavy atom. The van der Waals surface area contributed by atoms with Gasteiger partial charge in [-0.15, -0.1) is 10.2 Å². The average Bonchev–Trinajstić information content (AvgIpc) is 2.98. The minimum atomic E-state index is 0.623. The summed E-state index contributed by atoms with van der Waals surface area (Å²) in [6, 6.07) is 28.0. The predicted molar refractivity (Wildman–Crippen MR) is 150 cm³/mol. The van der Waals surface area contributed by atoms with Crippen molar-refractivity contribution in [2.24, 2.45) is 0 Å². The molecule has 0 aliphatic carbocycles. The summed E-state index contributed by atoms with van der Waals surface area (Å²) in [5.74, 6) is 2.65. The lowest BCUT2D eigenvalue weighted by Gasteiger charge is -2.12. The zero-order valence-electron chi connectivity index (χ0n) is 21.1. The number of hydrogen-bond donors (Lipinski definition) is 1. The van der Waals surface area contributed by atoms with Crippen LogP contribution in [0.1, 0.15) is 12.5 Å². The van der Waals surface area contributed by atoms with Crippen LogP contribution in [0.4, 0.5) is 11.5 Å². The highest BCUT2D eigenvalue weighted by atomic mass is 16.5. The van der Waals surface area contributed by atoms with Crippen molar-refractivity contribution in [3.05, 3.63) is 103 Å². The summed E-state index contributed by atoms with van der Waals surface area (Å²) in [6.45, 7) is 2.15. The molecule has 38 heavy (non-hydrogen) atoms. The van der Waals surface area contributed by atoms with Gasteiger partial charge in [-0.05, 0) is 36.2 Å². The van der Waals surface area contributed by atoms with Crippen molar-refractivity contribution >= 4 is 33.3 Å². The monoisotopic (exact) mass is 499 g/mol. The van der Waals surface area contributed by atoms with Gasteiger partial charge in [0.05, 0.1) is 18.8 Å². The van der Waals surface area contributed by atoms with E-state index in [0.29, 0.717) is 34.1 Å². The van der Waals surface area contributed by atoms with Gasteiger partial charge in [-0.1, -0.05) is 55.5 Å². The first-order valence-corrected chi connectivity index (χ1v) is 12.4. The van der Waals surface area contributed by atoms with E-state index in [1.807, 2.05) is 42.5 Å². The van der Waals surface area contributed by atoms with Crippen molar-refractivity contribution in [1.29, 1.82) is 0 Å². The van der Waals surface area contributed by atoms with Gasteiger partial charge >= 0.3 is 0 Å². The van der Waals surface area contributed by atoms with Crippen LogP contribution in [-0.4, -0.2) is 27.3 Å². The van der Waals surface area contributed by atoms with Crippen LogP contribution < -0.4 is 14.8 Å². The van der Waals surface area contributed by atoms with Gasteiger partial charge < -0.3 is 14.8 Å². The lowest BCUT2D eigenvalue weighted by Crippen LogP contribution is -1.99. The molecule has 0 unspecified atom stereocenters. The number of nitrogens with zero attached hydrogens (tertiary/aromatic N) is 4. The third-order valence-corrected chi connectivity index (χ3v) is 6.42. The van der Waals surface area contributed by atoms with Gasteiger partial charge in [-0.25, -0.2) is 4.98 Å². The smallest absolute Gasteiger partial charge is 0.161 e. The second kappa shape index (κ2) is 10.1. The largest absolute Gasteiger partial charge is 0.495 e. The summed E-state index contributed by atoms with van der Waals surface area (Å²) in [7, 11) is 1.60. The molecule has 0 aliphatic heterocycles. The van der Waals surface area contributed by atoms with E-state index < -0.39 is 0 Å². The van der Waals surface area contributed by atoms with E-state index in [1.165, 1.54) is 5.56 Å². The molecule has 0 fully saturated rings. The number of methoxy groups -OCH3 is 1. The molecule has 7 nitrogen and oxygen atoms in total. The number of nitrogens with one attached hydrogen (secondary N) is 1. The highest BCUT2D eigenvalue weighted by Crippen LogP contribution is 2.33. The maximum atomic E-state index is 6.12. The summed E-state index contributed by atoms with van der Waals surface area (Å²) in [5.41, 5.74) is 5.46. The van der Waals surface area contributed by atoms with Crippen LogP contribution in [0.5, 0.6) is 17.2 Å². The Morgan fingerprint density at radius 3 is 2.34 bits per heavy atom. The number of aryl methyl sites for hydroxylation is 1. The molecule has 0 atom stereocenters. The standard InChI is InChI=1S/C31H25N5O2/c1-3-20-8-10-21(11-9-20)29-25-6-4-5-7-26(25)31(36-35-29)34-22-12-14-23(15-13-22)38-28-16-17-32-27-18-24(37-2)19-33-30(27)28/h4-19H,3H2,1-2H3,(H,34,36). The van der Waals surface area contributed by atoms with Crippen molar-refractivity contribution in [1.82, 2.24) is 20.2 Å². The van der Waals surface area contributed by atoms with Crippen LogP contribution in [0.2, 0.25) is 0 Å². The van der Waals surface area contributed by atoms with Gasteiger partial charge in [0.2, 0.25) is 0 Å². The Labute approximate surface area is 220 Å². The summed E-state index contributed by atoms with van der Waals surface area (Å²) in [6.07, 6.45) is 4.35. The molecule has 0 radical (unpaired) electrons. The number of aromatic nitrogens is 4. The molecular weight excluding hydrogens is 474 g/mol. The zero-order chi connectivity index (χ0) is 25.9. The Kier molecular flexibility index (Phi) is 6.24. The van der Waals surface area contributed by atoms with Crippen molar-refractivity contribution in [3.8, 4) is 28.5 Å². The summed E-state index contributed by atoms with van der Waals surface area (Å²) in [4.78, 5) is 8.81. The highest BCUT2D eigenvalue weighted by Gasteiger charge is 2.12. The first-order chi connectivity index (χ1) is 18.7. The average molecular weight is 500 g/mol. The van der Waals surface area contributed by atoms with Crippen molar-refractivity contribution < 1.29 is 9.47 Å². The van der Waals surface area contributed by atoms with Gasteiger partial charge in [-0.2, -0.15) is 0 Å². The quantitative estimate of drug-likeness (QED) is 0.246. The van der Waals surface area contributed by atoms with E-state index in [4.69, 9.17) is 9.47 Å². The van der Waals surface area contributed by atoms with Gasteiger partial charge in [0.15, 0.2) is 11.6 Å². The molecule has 0 bridgehead atoms. The lowest BCUT2D eigenvalue weighted by atomic mass is 10.0. The number of hydrogen-bond acceptors (Lipinski definition) is 7. The molecule has 0 amide bonds. The topological polar surface area (TPSA) is 82.1 Å². The van der Waals surface area contributed by atoms with Crippen LogP contribution >= 0.6 is 0 Å². The fraction of sp³-hybridized carbons (Fsp3) is 0.0968. The van der Waals surface area contributed by atoms with Crippen LogP contribution in [0.3, 0.4) is 0 Å². The molecule has 6 rings (SSSR count). The molecule has 0 saturated heterocycles. The Hall–Kier alpha value is -5.04. The van der Waals surface area contributed by atoms with E-state index in [9.17, 15) is 0 Å². The molecule has 0 saturated carbocycles. The minimum absolute atomic E-state index is 0.623. The first kappa shape index (κ1) is 23.4. The third-order valence-electron chi connectivity index (χ3n) is 6.42. The molecule has 3 aromatic carbocycles. The van der Waals surface area contributed by atoms with Crippen molar-refractivity contribution in [3.63, 3.8) is 0 Å². The summed E-state index contributed by atoms with van der Waals surface area (Å²) >= 11 is 0. The molecule has 7 heteroatoms. The molecule has 186 valence electrons. The lowest BCUT2D eigenvalue weighted by molar-refractivity contribution is 0.413. The number of pyridine rings is 2. The normalized spacial score (nSPS) is 11.0. The van der Waals surface area contributed by atoms with Crippen molar-refractivity contribution in [2.45, 2.75) is 13.3 Å². The Morgan fingerprint density at radius 1 is 0.789 bits per heavy atom. The molecule has 6 aromatic rings. The van der Waals surface area contributed by atoms with E-state index in [1.54, 1.807) is 25.6 Å². The third kappa shape index (κ3) is 4.57. The van der Waals surface area contributed by atoms with Crippen LogP contribution in [0.15, 0.2) is 97.3 Å². The summed E-state index contributed by atoms with van der Waals surface area (Å²) < 4.78 is 11.4. The second-order valence-corrected chi connectivity index (χ2v) is 8.80. The number of ether oxygens (including phenoxy) is 2. The van der Waals surface area contributed by atoms with E-state index in [2.05, 4.69) is 68.8 Å². The molecule has 3 aromatic heterocycles. The maximum Gasteiger partial charge on any atom is 0.161 e. The summed E-state index contributed by atoms with van der Waals surface area (Å²) in [5, 5.41) is 14.6. The highest BCUT2D eigenvalue weighted by molar-refractivity contribution is 6.00. The van der Waals surface area contributed by atoms with Crippen LogP contribution in [-0.2, 0) is 6.42 Å². The second-order valence-electron chi connectivity index (χ2n) is 8.80. The maximum absolute atomic E-state index is 6.12. The van der Waals surface area contributed by atoms with E-state index >= 15 is 0 Å². The zero-order valence-corrected chi connectivity index (χ0v) is 21.1. The predicted octanol–water partition coefficient (Wildman–Crippen LogP) is 7.35. The fourth-order valence-electron chi connectivity index (χ4n) is 4.36. The minimum Gasteiger partial charge on any atom is -0.495 e. The van der Waals surface area contributed by atoms with Crippen molar-refractivity contribution in [2.75, 3.05) is 12.4 Å². The number of rotatable bonds is 7. The number of fused-ring (bicyclic) bond motifs is 2. The van der Waals surface area contributed by atoms with Gasteiger partial charge in [0.25, 0.3) is 0 Å². The fourth-order valence-corrected chi connectivity index (χ4v) is 4.36. The SMILES string of the molecule is CCc1ccc(-c2nnc(Nc3ccc(Oc4ccnc5cc(OC)cnc45)cc3)c3ccccc23)cc1. The molecule has 1 N–H and O–H groups in total. The van der Waals surface area contributed by atoms with E-state index in [0.717, 1.165) is 34.1 Å². The number of benzene rings is 3. The molecular formula is C31H25N5O2. The van der Waals surface area contributed by atoms with Crippen LogP contribution in [0.25, 0.3) is 33.1 Å². The molecule has 0 spiro atoms. The van der Waals surface area contributed by atoms with Gasteiger partial charge in [0.1, 0.15) is 22.7 Å². The molecule has 3 heterocycles. The number of anilines is 2.